The zero-order valence-corrected chi connectivity index (χ0v) is 29.1. The van der Waals surface area contributed by atoms with Crippen LogP contribution < -0.4 is 10.6 Å². The van der Waals surface area contributed by atoms with Crippen molar-refractivity contribution in [3.63, 3.8) is 0 Å². The normalized spacial score (nSPS) is 19.8. The predicted octanol–water partition coefficient (Wildman–Crippen LogP) is 6.92. The predicted molar refractivity (Wildman–Crippen MR) is 183 cm³/mol. The molecule has 3 atom stereocenters. The molecule has 252 valence electrons. The lowest BCUT2D eigenvalue weighted by Gasteiger charge is -2.22. The highest BCUT2D eigenvalue weighted by Crippen LogP contribution is 2.37. The molecular weight excluding hydrogens is 586 g/mol. The van der Waals surface area contributed by atoms with Gasteiger partial charge in [-0.1, -0.05) is 71.4 Å². The maximum atomic E-state index is 13.3. The fourth-order valence-corrected chi connectivity index (χ4v) is 7.66. The van der Waals surface area contributed by atoms with Gasteiger partial charge >= 0.3 is 6.03 Å². The molecule has 0 spiro atoms. The van der Waals surface area contributed by atoms with Crippen molar-refractivity contribution in [1.82, 2.24) is 15.5 Å². The first-order valence-corrected chi connectivity index (χ1v) is 18.2. The molecule has 2 fully saturated rings. The molecule has 1 aromatic carbocycles. The van der Waals surface area contributed by atoms with Crippen LogP contribution in [0.3, 0.4) is 0 Å². The first kappa shape index (κ1) is 37.1. The minimum absolute atomic E-state index is 0.000198. The molecule has 1 aromatic rings. The highest BCUT2D eigenvalue weighted by Gasteiger charge is 2.50. The molecule has 0 unspecified atom stereocenters. The molecule has 0 bridgehead atoms. The van der Waals surface area contributed by atoms with Crippen molar-refractivity contribution in [2.24, 2.45) is 0 Å². The maximum Gasteiger partial charge on any atom is 0.325 e. The summed E-state index contributed by atoms with van der Waals surface area (Å²) in [6.07, 6.45) is 12.3. The van der Waals surface area contributed by atoms with Crippen molar-refractivity contribution in [1.29, 1.82) is 0 Å². The van der Waals surface area contributed by atoms with Gasteiger partial charge in [0.1, 0.15) is 5.78 Å². The largest absolute Gasteiger partial charge is 0.390 e. The Morgan fingerprint density at radius 3 is 2.16 bits per heavy atom. The van der Waals surface area contributed by atoms with E-state index in [0.29, 0.717) is 37.8 Å². The number of nitrogens with one attached hydrogen (secondary N) is 2. The molecule has 0 aromatic heterocycles. The van der Waals surface area contributed by atoms with Crippen molar-refractivity contribution in [3.8, 4) is 0 Å². The minimum Gasteiger partial charge on any atom is -0.390 e. The van der Waals surface area contributed by atoms with E-state index in [-0.39, 0.29) is 46.4 Å². The lowest BCUT2D eigenvalue weighted by Crippen LogP contribution is -2.41. The summed E-state index contributed by atoms with van der Waals surface area (Å²) in [6.45, 7) is 10.6. The third-order valence-electron chi connectivity index (χ3n) is 8.97. The zero-order chi connectivity index (χ0) is 33.0. The summed E-state index contributed by atoms with van der Waals surface area (Å²) in [7, 11) is 0. The van der Waals surface area contributed by atoms with Crippen LogP contribution >= 0.6 is 11.8 Å². The zero-order valence-electron chi connectivity index (χ0n) is 28.3. The van der Waals surface area contributed by atoms with E-state index in [1.165, 1.54) is 4.90 Å². The number of urea groups is 1. The van der Waals surface area contributed by atoms with E-state index in [9.17, 15) is 24.3 Å². The van der Waals surface area contributed by atoms with E-state index in [2.05, 4.69) is 31.4 Å². The molecule has 2 aliphatic rings. The third kappa shape index (κ3) is 12.4. The Kier molecular flexibility index (Phi) is 14.4. The van der Waals surface area contributed by atoms with Gasteiger partial charge in [0.15, 0.2) is 0 Å². The number of fused-ring (bicyclic) bond motifs is 1. The Balaban J connectivity index is 1.21. The van der Waals surface area contributed by atoms with Crippen LogP contribution in [0.1, 0.15) is 140 Å². The lowest BCUT2D eigenvalue weighted by molar-refractivity contribution is -0.121. The van der Waals surface area contributed by atoms with Gasteiger partial charge in [-0.05, 0) is 69.1 Å². The van der Waals surface area contributed by atoms with Crippen molar-refractivity contribution >= 4 is 35.4 Å². The maximum absolute atomic E-state index is 13.3. The summed E-state index contributed by atoms with van der Waals surface area (Å²) >= 11 is 1.82. The quantitative estimate of drug-likeness (QED) is 0.111. The third-order valence-corrected chi connectivity index (χ3v) is 10.5. The second-order valence-corrected chi connectivity index (χ2v) is 15.9. The standard InChI is InChI=1S/C36H57N3O5S/c1-35(2,3)27-20-18-26(19-21-27)33(42)39-29-25-45-30(32(29)38-34(39)43)16-12-13-17-31(41)37-24-14-10-8-6-7-9-11-15-28(40)22-23-36(4,5)44/h18-21,29-30,32,44H,6-17,22-25H2,1-5H3,(H,37,41)(H,38,43)/t29-,30+,32-/m1/s1. The van der Waals surface area contributed by atoms with Gasteiger partial charge in [-0.25, -0.2) is 4.79 Å². The summed E-state index contributed by atoms with van der Waals surface area (Å²) in [5.74, 6) is 0.857. The van der Waals surface area contributed by atoms with Crippen LogP contribution in [0.5, 0.6) is 0 Å². The van der Waals surface area contributed by atoms with E-state index >= 15 is 0 Å². The summed E-state index contributed by atoms with van der Waals surface area (Å²) in [6, 6.07) is 7.12. The molecule has 0 saturated carbocycles. The van der Waals surface area contributed by atoms with Gasteiger partial charge in [0, 0.05) is 42.4 Å². The topological polar surface area (TPSA) is 116 Å². The van der Waals surface area contributed by atoms with E-state index in [1.54, 1.807) is 13.8 Å². The van der Waals surface area contributed by atoms with Gasteiger partial charge in [0.2, 0.25) is 5.91 Å². The molecule has 9 heteroatoms. The fraction of sp³-hybridized carbons (Fsp3) is 0.722. The molecule has 4 amide bonds. The summed E-state index contributed by atoms with van der Waals surface area (Å²) in [4.78, 5) is 51.6. The number of carbonyl (C=O) groups excluding carboxylic acids is 4. The summed E-state index contributed by atoms with van der Waals surface area (Å²) in [5.41, 5.74) is 0.926. The molecule has 0 aliphatic carbocycles. The van der Waals surface area contributed by atoms with Gasteiger partial charge < -0.3 is 15.7 Å². The van der Waals surface area contributed by atoms with E-state index in [4.69, 9.17) is 0 Å². The molecule has 2 aliphatic heterocycles. The number of amides is 4. The smallest absolute Gasteiger partial charge is 0.325 e. The second-order valence-electron chi connectivity index (χ2n) is 14.6. The molecule has 45 heavy (non-hydrogen) atoms. The fourth-order valence-electron chi connectivity index (χ4n) is 6.07. The van der Waals surface area contributed by atoms with Crippen LogP contribution in [0.25, 0.3) is 0 Å². The van der Waals surface area contributed by atoms with Gasteiger partial charge in [0.25, 0.3) is 5.91 Å². The van der Waals surface area contributed by atoms with Crippen LogP contribution in [-0.4, -0.2) is 68.9 Å². The average molecular weight is 644 g/mol. The number of thioether (sulfide) groups is 1. The number of imide groups is 1. The number of nitrogens with zero attached hydrogens (tertiary/aromatic N) is 1. The number of rotatable bonds is 19. The Bertz CT molecular complexity index is 1120. The van der Waals surface area contributed by atoms with Crippen LogP contribution in [0.15, 0.2) is 24.3 Å². The number of hydrogen-bond acceptors (Lipinski definition) is 6. The second kappa shape index (κ2) is 17.5. The Morgan fingerprint density at radius 2 is 1.51 bits per heavy atom. The average Bonchev–Trinajstić information content (AvgIpc) is 3.51. The highest BCUT2D eigenvalue weighted by atomic mass is 32.2. The van der Waals surface area contributed by atoms with Crippen molar-refractivity contribution in [3.05, 3.63) is 35.4 Å². The number of unbranched alkanes of at least 4 members (excludes halogenated alkanes) is 7. The molecular formula is C36H57N3O5S. The molecule has 2 heterocycles. The van der Waals surface area contributed by atoms with Gasteiger partial charge in [-0.2, -0.15) is 11.8 Å². The number of aliphatic hydroxyl groups is 1. The van der Waals surface area contributed by atoms with Crippen LogP contribution in [-0.2, 0) is 15.0 Å². The summed E-state index contributed by atoms with van der Waals surface area (Å²) in [5, 5.41) is 16.1. The Labute approximate surface area is 275 Å². The van der Waals surface area contributed by atoms with Gasteiger partial charge in [0.05, 0.1) is 17.7 Å². The number of hydrogen-bond donors (Lipinski definition) is 3. The number of ketones is 1. The van der Waals surface area contributed by atoms with Crippen molar-refractivity contribution in [2.75, 3.05) is 12.3 Å². The minimum atomic E-state index is -0.765. The monoisotopic (exact) mass is 643 g/mol. The van der Waals surface area contributed by atoms with Gasteiger partial charge in [-0.3, -0.25) is 19.3 Å². The van der Waals surface area contributed by atoms with Gasteiger partial charge in [-0.15, -0.1) is 0 Å². The number of Topliss-reactive ketones (excluding diaryl/α,β-unsaturated/α-hetero) is 1. The Morgan fingerprint density at radius 1 is 0.889 bits per heavy atom. The molecule has 8 nitrogen and oxygen atoms in total. The summed E-state index contributed by atoms with van der Waals surface area (Å²) < 4.78 is 0. The lowest BCUT2D eigenvalue weighted by atomic mass is 9.86. The van der Waals surface area contributed by atoms with Crippen LogP contribution in [0.4, 0.5) is 4.79 Å². The van der Waals surface area contributed by atoms with Crippen LogP contribution in [0, 0.1) is 0 Å². The highest BCUT2D eigenvalue weighted by molar-refractivity contribution is 8.00. The first-order valence-electron chi connectivity index (χ1n) is 17.1. The van der Waals surface area contributed by atoms with E-state index < -0.39 is 5.60 Å². The van der Waals surface area contributed by atoms with Crippen molar-refractivity contribution in [2.45, 2.75) is 153 Å². The van der Waals surface area contributed by atoms with E-state index in [0.717, 1.165) is 75.5 Å². The van der Waals surface area contributed by atoms with Crippen LogP contribution in [0.2, 0.25) is 0 Å². The molecule has 3 rings (SSSR count). The van der Waals surface area contributed by atoms with E-state index in [1.807, 2.05) is 36.0 Å². The number of carbonyl (C=O) groups is 4. The molecule has 2 saturated heterocycles. The molecule has 3 N–H and O–H groups in total. The van der Waals surface area contributed by atoms with Crippen molar-refractivity contribution < 1.29 is 24.3 Å². The number of benzene rings is 1. The molecule has 0 radical (unpaired) electrons. The SMILES string of the molecule is CC(C)(O)CCC(=O)CCCCCCCCCNC(=O)CCCC[C@@H]1SC[C@@H]2[C@H]1NC(=O)N2C(=O)c1ccc(C(C)(C)C)cc1. The first-order chi connectivity index (χ1) is 21.3. The Hall–Kier alpha value is -2.39.